The van der Waals surface area contributed by atoms with Crippen molar-refractivity contribution >= 4 is 11.8 Å². The number of likely N-dealkylation sites (N-methyl/N-ethyl adjacent to an activating group) is 1. The highest BCUT2D eigenvalue weighted by molar-refractivity contribution is 5.96. The van der Waals surface area contributed by atoms with Gasteiger partial charge in [-0.15, -0.1) is 0 Å². The van der Waals surface area contributed by atoms with Crippen LogP contribution in [0.3, 0.4) is 0 Å². The topological polar surface area (TPSA) is 58.4 Å². The Morgan fingerprint density at radius 2 is 1.90 bits per heavy atom. The van der Waals surface area contributed by atoms with E-state index in [1.54, 1.807) is 32.0 Å². The minimum Gasteiger partial charge on any atom is -0.332 e. The zero-order valence-corrected chi connectivity index (χ0v) is 12.1. The molecule has 0 N–H and O–H groups in total. The molecule has 2 amide bonds. The van der Waals surface area contributed by atoms with Crippen LogP contribution in [0.1, 0.15) is 38.6 Å². The summed E-state index contributed by atoms with van der Waals surface area (Å²) in [5, 5.41) is 0. The smallest absolute Gasteiger partial charge is 0.246 e. The van der Waals surface area contributed by atoms with Crippen LogP contribution < -0.4 is 0 Å². The van der Waals surface area contributed by atoms with Crippen LogP contribution in [0.15, 0.2) is 12.4 Å². The van der Waals surface area contributed by atoms with Gasteiger partial charge in [0.15, 0.2) is 0 Å². The lowest BCUT2D eigenvalue weighted by atomic mass is 10.1. The molecule has 108 valence electrons. The standard InChI is InChI=1S/C14H20N4O2/c1-9-14(20)18(10(2)13(19)16(9)3)8-12-15-6-7-17(12)11-4-5-11/h6-7,9-11H,4-5,8H2,1-3H3/t9-,10-/m0/s1. The zero-order chi connectivity index (χ0) is 14.4. The second-order valence-electron chi connectivity index (χ2n) is 5.75. The monoisotopic (exact) mass is 276 g/mol. The number of imidazole rings is 1. The van der Waals surface area contributed by atoms with Gasteiger partial charge in [0.2, 0.25) is 11.8 Å². The Balaban J connectivity index is 1.83. The number of hydrogen-bond donors (Lipinski definition) is 0. The van der Waals surface area contributed by atoms with E-state index in [-0.39, 0.29) is 11.8 Å². The fourth-order valence-electron chi connectivity index (χ4n) is 2.73. The van der Waals surface area contributed by atoms with Gasteiger partial charge in [-0.25, -0.2) is 4.98 Å². The van der Waals surface area contributed by atoms with Crippen molar-refractivity contribution in [1.29, 1.82) is 0 Å². The molecular formula is C14H20N4O2. The molecule has 0 spiro atoms. The summed E-state index contributed by atoms with van der Waals surface area (Å²) < 4.78 is 2.13. The molecule has 1 aromatic rings. The van der Waals surface area contributed by atoms with Crippen LogP contribution in [0.4, 0.5) is 0 Å². The Morgan fingerprint density at radius 3 is 2.55 bits per heavy atom. The Morgan fingerprint density at radius 1 is 1.20 bits per heavy atom. The van der Waals surface area contributed by atoms with Crippen LogP contribution in [0.5, 0.6) is 0 Å². The van der Waals surface area contributed by atoms with Gasteiger partial charge in [0, 0.05) is 25.5 Å². The van der Waals surface area contributed by atoms with Crippen LogP contribution in [-0.2, 0) is 16.1 Å². The van der Waals surface area contributed by atoms with E-state index in [1.807, 2.05) is 6.20 Å². The minimum atomic E-state index is -0.423. The second-order valence-corrected chi connectivity index (χ2v) is 5.75. The molecule has 0 bridgehead atoms. The maximum Gasteiger partial charge on any atom is 0.246 e. The number of amides is 2. The van der Waals surface area contributed by atoms with E-state index < -0.39 is 12.1 Å². The normalized spacial score (nSPS) is 27.4. The quantitative estimate of drug-likeness (QED) is 0.820. The van der Waals surface area contributed by atoms with E-state index in [4.69, 9.17) is 0 Å². The first kappa shape index (κ1) is 13.1. The zero-order valence-electron chi connectivity index (χ0n) is 12.1. The van der Waals surface area contributed by atoms with E-state index in [0.29, 0.717) is 12.6 Å². The summed E-state index contributed by atoms with van der Waals surface area (Å²) in [7, 11) is 1.68. The van der Waals surface area contributed by atoms with Crippen LogP contribution in [0.2, 0.25) is 0 Å². The molecule has 1 aliphatic heterocycles. The van der Waals surface area contributed by atoms with Crippen molar-refractivity contribution in [3.05, 3.63) is 18.2 Å². The van der Waals surface area contributed by atoms with E-state index >= 15 is 0 Å². The number of carbonyl (C=O) groups excluding carboxylic acids is 2. The number of hydrogen-bond acceptors (Lipinski definition) is 3. The van der Waals surface area contributed by atoms with Gasteiger partial charge in [-0.1, -0.05) is 0 Å². The molecule has 2 heterocycles. The third-order valence-electron chi connectivity index (χ3n) is 4.39. The van der Waals surface area contributed by atoms with Gasteiger partial charge < -0.3 is 14.4 Å². The first-order valence-electron chi connectivity index (χ1n) is 7.09. The number of nitrogens with zero attached hydrogens (tertiary/aromatic N) is 4. The molecule has 1 saturated heterocycles. The Bertz CT molecular complexity index is 549. The van der Waals surface area contributed by atoms with Gasteiger partial charge >= 0.3 is 0 Å². The second kappa shape index (κ2) is 4.61. The Labute approximate surface area is 118 Å². The average molecular weight is 276 g/mol. The number of carbonyl (C=O) groups is 2. The molecular weight excluding hydrogens is 256 g/mol. The highest BCUT2D eigenvalue weighted by atomic mass is 16.2. The molecule has 2 fully saturated rings. The van der Waals surface area contributed by atoms with Crippen molar-refractivity contribution in [1.82, 2.24) is 19.4 Å². The van der Waals surface area contributed by atoms with E-state index in [9.17, 15) is 9.59 Å². The van der Waals surface area contributed by atoms with Crippen molar-refractivity contribution < 1.29 is 9.59 Å². The lowest BCUT2D eigenvalue weighted by Gasteiger charge is -2.40. The van der Waals surface area contributed by atoms with Crippen LogP contribution in [-0.4, -0.2) is 50.3 Å². The number of piperazine rings is 1. The average Bonchev–Trinajstić information content (AvgIpc) is 3.19. The first-order valence-corrected chi connectivity index (χ1v) is 7.09. The highest BCUT2D eigenvalue weighted by Gasteiger charge is 2.40. The molecule has 1 saturated carbocycles. The lowest BCUT2D eigenvalue weighted by Crippen LogP contribution is -2.61. The molecule has 2 atom stereocenters. The summed E-state index contributed by atoms with van der Waals surface area (Å²) in [5.74, 6) is 0.851. The Hall–Kier alpha value is -1.85. The van der Waals surface area contributed by atoms with E-state index in [0.717, 1.165) is 5.82 Å². The third kappa shape index (κ3) is 1.99. The fraction of sp³-hybridized carbons (Fsp3) is 0.643. The highest BCUT2D eigenvalue weighted by Crippen LogP contribution is 2.36. The van der Waals surface area contributed by atoms with Crippen molar-refractivity contribution in [2.45, 2.75) is 51.4 Å². The van der Waals surface area contributed by atoms with Crippen LogP contribution in [0, 0.1) is 0 Å². The minimum absolute atomic E-state index is 0.00931. The third-order valence-corrected chi connectivity index (χ3v) is 4.39. The van der Waals surface area contributed by atoms with Gasteiger partial charge in [-0.05, 0) is 26.7 Å². The van der Waals surface area contributed by atoms with Gasteiger partial charge in [0.05, 0.1) is 6.54 Å². The molecule has 3 rings (SSSR count). The largest absolute Gasteiger partial charge is 0.332 e. The summed E-state index contributed by atoms with van der Waals surface area (Å²) in [6, 6.07) is -0.297. The van der Waals surface area contributed by atoms with Gasteiger partial charge in [0.1, 0.15) is 17.9 Å². The maximum atomic E-state index is 12.4. The fourth-order valence-corrected chi connectivity index (χ4v) is 2.73. The van der Waals surface area contributed by atoms with Crippen molar-refractivity contribution in [3.8, 4) is 0 Å². The molecule has 0 unspecified atom stereocenters. The molecule has 1 aliphatic carbocycles. The molecule has 20 heavy (non-hydrogen) atoms. The van der Waals surface area contributed by atoms with Gasteiger partial charge in [-0.3, -0.25) is 9.59 Å². The van der Waals surface area contributed by atoms with Gasteiger partial charge in [-0.2, -0.15) is 0 Å². The SMILES string of the molecule is C[C@H]1C(=O)N(Cc2nccn2C2CC2)[C@@H](C)C(=O)N1C. The summed E-state index contributed by atoms with van der Waals surface area (Å²) in [6.45, 7) is 3.97. The van der Waals surface area contributed by atoms with Gasteiger partial charge in [0.25, 0.3) is 0 Å². The number of rotatable bonds is 3. The summed E-state index contributed by atoms with van der Waals surface area (Å²) >= 11 is 0. The maximum absolute atomic E-state index is 12.4. The predicted octanol–water partition coefficient (Wildman–Crippen LogP) is 0.796. The molecule has 0 radical (unpaired) electrons. The predicted molar refractivity (Wildman–Crippen MR) is 72.7 cm³/mol. The summed E-state index contributed by atoms with van der Waals surface area (Å²) in [5.41, 5.74) is 0. The molecule has 6 heteroatoms. The van der Waals surface area contributed by atoms with Crippen molar-refractivity contribution in [2.75, 3.05) is 7.05 Å². The van der Waals surface area contributed by atoms with Crippen molar-refractivity contribution in [2.24, 2.45) is 0 Å². The molecule has 2 aliphatic rings. The van der Waals surface area contributed by atoms with Crippen LogP contribution in [0.25, 0.3) is 0 Å². The number of aromatic nitrogens is 2. The Kier molecular flexibility index (Phi) is 3.03. The summed E-state index contributed by atoms with van der Waals surface area (Å²) in [4.78, 5) is 32.1. The lowest BCUT2D eigenvalue weighted by molar-refractivity contribution is -0.159. The molecule has 6 nitrogen and oxygen atoms in total. The van der Waals surface area contributed by atoms with E-state index in [1.165, 1.54) is 17.7 Å². The molecule has 0 aromatic carbocycles. The van der Waals surface area contributed by atoms with Crippen LogP contribution >= 0.6 is 0 Å². The first-order chi connectivity index (χ1) is 9.50. The summed E-state index contributed by atoms with van der Waals surface area (Å²) in [6.07, 6.45) is 6.07. The van der Waals surface area contributed by atoms with E-state index in [2.05, 4.69) is 9.55 Å². The van der Waals surface area contributed by atoms with Crippen molar-refractivity contribution in [3.63, 3.8) is 0 Å². The molecule has 1 aromatic heterocycles.